The lowest BCUT2D eigenvalue weighted by Gasteiger charge is -1.96. The van der Waals surface area contributed by atoms with Gasteiger partial charge in [0.1, 0.15) is 0 Å². The van der Waals surface area contributed by atoms with Gasteiger partial charge in [0.25, 0.3) is 0 Å². The maximum atomic E-state index is 9.93. The lowest BCUT2D eigenvalue weighted by Crippen LogP contribution is -2.18. The highest BCUT2D eigenvalue weighted by Gasteiger charge is 1.79. The number of hydrogen-bond acceptors (Lipinski definition) is 6. The zero-order chi connectivity index (χ0) is 25.4. The standard InChI is InChI=1S/C5H12N2.C5H11NS.C4H9NO.C4H9NS.C2H6.CH5N.4CH4/c1-4-7-5(2)6-3;1-4-6-5(2)7-3;2*1-3-5-4(2)6;2*1-2;;;;/h4H2,1-3H3,(H,6,7);4H2,1-3H3;2*3H2,1-2H3,(H,5,6);1-2H3;2H2,1H3;4*1H4. The molecule has 9 heteroatoms. The second-order valence-corrected chi connectivity index (χ2v) is 6.32. The van der Waals surface area contributed by atoms with Crippen LogP contribution in [0.3, 0.4) is 0 Å². The SMILES string of the molecule is C.C.C.C.CC.CCN=C(C)SC.CCNC(C)=NC.CCNC(C)=O.CCNC(C)=S.CN. The molecule has 0 fully saturated rings. The highest BCUT2D eigenvalue weighted by Crippen LogP contribution is 1.94. The van der Waals surface area contributed by atoms with Crippen LogP contribution in [0, 0.1) is 0 Å². The maximum Gasteiger partial charge on any atom is 0.216 e. The summed E-state index contributed by atoms with van der Waals surface area (Å²) in [7, 11) is 3.28. The van der Waals surface area contributed by atoms with Crippen LogP contribution in [0.2, 0.25) is 0 Å². The Kier molecular flexibility index (Phi) is 131. The Balaban J connectivity index is -0.0000000259. The predicted molar refractivity (Wildman–Crippen MR) is 175 cm³/mol. The van der Waals surface area contributed by atoms with E-state index in [9.17, 15) is 4.79 Å². The second kappa shape index (κ2) is 69.7. The van der Waals surface area contributed by atoms with Crippen molar-refractivity contribution in [1.29, 1.82) is 0 Å². The lowest BCUT2D eigenvalue weighted by molar-refractivity contribution is -0.118. The van der Waals surface area contributed by atoms with Gasteiger partial charge in [0, 0.05) is 40.2 Å². The average molecular weight is 533 g/mol. The van der Waals surface area contributed by atoms with Crippen LogP contribution in [0.25, 0.3) is 0 Å². The smallest absolute Gasteiger partial charge is 0.216 e. The van der Waals surface area contributed by atoms with Gasteiger partial charge in [-0.25, -0.2) is 0 Å². The van der Waals surface area contributed by atoms with Crippen LogP contribution in [-0.2, 0) is 4.79 Å². The zero-order valence-electron chi connectivity index (χ0n) is 22.0. The van der Waals surface area contributed by atoms with Gasteiger partial charge in [0.15, 0.2) is 0 Å². The molecular weight excluding hydrogens is 464 g/mol. The predicted octanol–water partition coefficient (Wildman–Crippen LogP) is 6.66. The number of nitrogens with two attached hydrogens (primary N) is 1. The van der Waals surface area contributed by atoms with E-state index < -0.39 is 0 Å². The molecule has 7 nitrogen and oxygen atoms in total. The molecule has 5 N–H and O–H groups in total. The Morgan fingerprint density at radius 1 is 0.824 bits per heavy atom. The highest BCUT2D eigenvalue weighted by atomic mass is 32.2. The number of aliphatic imine (C=N–C) groups is 2. The fourth-order valence-electron chi connectivity index (χ4n) is 1.12. The summed E-state index contributed by atoms with van der Waals surface area (Å²) in [6.45, 7) is 22.9. The maximum absolute atomic E-state index is 9.93. The van der Waals surface area contributed by atoms with Crippen molar-refractivity contribution in [3.8, 4) is 0 Å². The molecule has 0 heterocycles. The summed E-state index contributed by atoms with van der Waals surface area (Å²) in [5, 5.41) is 9.72. The molecule has 0 bridgehead atoms. The first-order valence-electron chi connectivity index (χ1n) is 10.4. The molecule has 0 aromatic heterocycles. The summed E-state index contributed by atoms with van der Waals surface area (Å²) in [6, 6.07) is 0. The number of hydrogen-bond donors (Lipinski definition) is 4. The Hall–Kier alpha value is -1.19. The molecule has 1 amide bonds. The largest absolute Gasteiger partial charge is 0.380 e. The molecule has 0 aliphatic heterocycles. The fourth-order valence-corrected chi connectivity index (χ4v) is 1.52. The highest BCUT2D eigenvalue weighted by molar-refractivity contribution is 8.13. The summed E-state index contributed by atoms with van der Waals surface area (Å²) in [5.74, 6) is 1.04. The number of rotatable bonds is 4. The molecule has 0 spiro atoms. The van der Waals surface area contributed by atoms with Gasteiger partial charge in [-0.1, -0.05) is 55.8 Å². The normalized spacial score (nSPS) is 7.94. The second-order valence-electron chi connectivity index (χ2n) is 4.71. The van der Waals surface area contributed by atoms with E-state index in [2.05, 4.69) is 50.8 Å². The van der Waals surface area contributed by atoms with Crippen molar-refractivity contribution in [2.24, 2.45) is 15.7 Å². The number of carbonyl (C=O) groups excluding carboxylic acids is 1. The van der Waals surface area contributed by atoms with Gasteiger partial charge >= 0.3 is 0 Å². The van der Waals surface area contributed by atoms with Crippen molar-refractivity contribution in [3.63, 3.8) is 0 Å². The van der Waals surface area contributed by atoms with Crippen LogP contribution >= 0.6 is 24.0 Å². The molecule has 0 aromatic rings. The third-order valence-corrected chi connectivity index (χ3v) is 3.16. The van der Waals surface area contributed by atoms with Crippen LogP contribution in [0.1, 0.15) is 98.9 Å². The molecule has 0 saturated heterocycles. The number of amides is 1. The van der Waals surface area contributed by atoms with E-state index in [-0.39, 0.29) is 35.6 Å². The van der Waals surface area contributed by atoms with Crippen molar-refractivity contribution in [1.82, 2.24) is 16.0 Å². The molecule has 216 valence electrons. The Bertz CT molecular complexity index is 376. The Morgan fingerprint density at radius 2 is 1.18 bits per heavy atom. The summed E-state index contributed by atoms with van der Waals surface area (Å²) >= 11 is 6.38. The summed E-state index contributed by atoms with van der Waals surface area (Å²) < 4.78 is 0. The molecule has 0 aliphatic carbocycles. The molecule has 0 atom stereocenters. The van der Waals surface area contributed by atoms with Crippen LogP contribution in [0.4, 0.5) is 0 Å². The minimum atomic E-state index is 0. The van der Waals surface area contributed by atoms with Gasteiger partial charge < -0.3 is 21.7 Å². The van der Waals surface area contributed by atoms with E-state index >= 15 is 0 Å². The first-order valence-corrected chi connectivity index (χ1v) is 12.1. The first kappa shape index (κ1) is 63.8. The van der Waals surface area contributed by atoms with Crippen molar-refractivity contribution in [2.75, 3.05) is 46.5 Å². The number of nitrogens with one attached hydrogen (secondary N) is 3. The van der Waals surface area contributed by atoms with Gasteiger partial charge in [-0.15, -0.1) is 11.8 Å². The minimum absolute atomic E-state index is 0. The van der Waals surface area contributed by atoms with Crippen molar-refractivity contribution in [3.05, 3.63) is 0 Å². The summed E-state index contributed by atoms with van der Waals surface area (Å²) in [6.07, 6.45) is 2.04. The molecule has 0 unspecified atom stereocenters. The summed E-state index contributed by atoms with van der Waals surface area (Å²) in [5.41, 5.74) is 4.50. The minimum Gasteiger partial charge on any atom is -0.380 e. The third kappa shape index (κ3) is 125. The van der Waals surface area contributed by atoms with Gasteiger partial charge in [-0.3, -0.25) is 14.8 Å². The molecule has 0 radical (unpaired) electrons. The van der Waals surface area contributed by atoms with Gasteiger partial charge in [0.2, 0.25) is 5.91 Å². The van der Waals surface area contributed by atoms with E-state index in [0.717, 1.165) is 37.0 Å². The number of thioether (sulfide) groups is 1. The molecule has 0 aromatic carbocycles. The molecular formula is C25H68N6OS2. The monoisotopic (exact) mass is 532 g/mol. The van der Waals surface area contributed by atoms with Crippen LogP contribution in [0.5, 0.6) is 0 Å². The van der Waals surface area contributed by atoms with E-state index in [4.69, 9.17) is 0 Å². The number of nitrogens with zero attached hydrogens (tertiary/aromatic N) is 2. The number of carbonyl (C=O) groups is 1. The molecule has 34 heavy (non-hydrogen) atoms. The van der Waals surface area contributed by atoms with Crippen LogP contribution < -0.4 is 21.7 Å². The number of thiocarbonyl (C=S) groups is 1. The van der Waals surface area contributed by atoms with E-state index in [0.29, 0.717) is 0 Å². The van der Waals surface area contributed by atoms with Crippen molar-refractivity contribution in [2.45, 2.75) is 98.9 Å². The fraction of sp³-hybridized carbons (Fsp3) is 0.840. The first-order chi connectivity index (χ1) is 14.2. The molecule has 0 saturated carbocycles. The lowest BCUT2D eigenvalue weighted by atomic mass is 10.6. The zero-order valence-corrected chi connectivity index (χ0v) is 23.7. The van der Waals surface area contributed by atoms with Crippen molar-refractivity contribution < 1.29 is 4.79 Å². The van der Waals surface area contributed by atoms with Crippen LogP contribution in [-0.4, -0.2) is 68.3 Å². The van der Waals surface area contributed by atoms with E-state index in [1.807, 2.05) is 61.6 Å². The quantitative estimate of drug-likeness (QED) is 0.183. The number of amidine groups is 1. The topological polar surface area (TPSA) is 104 Å². The van der Waals surface area contributed by atoms with Crippen molar-refractivity contribution >= 4 is 45.8 Å². The van der Waals surface area contributed by atoms with Gasteiger partial charge in [-0.05, 0) is 61.8 Å². The molecule has 0 rings (SSSR count). The Labute approximate surface area is 227 Å². The van der Waals surface area contributed by atoms with Gasteiger partial charge in [-0.2, -0.15) is 0 Å². The van der Waals surface area contributed by atoms with Crippen LogP contribution in [0.15, 0.2) is 9.98 Å². The third-order valence-electron chi connectivity index (χ3n) is 2.30. The van der Waals surface area contributed by atoms with E-state index in [1.54, 1.807) is 18.8 Å². The molecule has 0 aliphatic rings. The van der Waals surface area contributed by atoms with E-state index in [1.165, 1.54) is 19.0 Å². The Morgan fingerprint density at radius 3 is 1.24 bits per heavy atom. The average Bonchev–Trinajstić information content (AvgIpc) is 2.72. The summed E-state index contributed by atoms with van der Waals surface area (Å²) in [4.78, 5) is 18.8. The van der Waals surface area contributed by atoms with Gasteiger partial charge in [0.05, 0.1) is 15.9 Å².